The number of benzene rings is 1. The van der Waals surface area contributed by atoms with E-state index in [1.165, 1.54) is 0 Å². The zero-order chi connectivity index (χ0) is 13.4. The third-order valence-electron chi connectivity index (χ3n) is 2.26. The lowest BCUT2D eigenvalue weighted by molar-refractivity contribution is -0.145. The lowest BCUT2D eigenvalue weighted by Gasteiger charge is -2.05. The van der Waals surface area contributed by atoms with Crippen LogP contribution in [0.2, 0.25) is 0 Å². The molecule has 0 bridgehead atoms. The number of nitrogens with one attached hydrogen (secondary N) is 1. The minimum absolute atomic E-state index is 0.214. The average Bonchev–Trinajstić information content (AvgIpc) is 2.32. The normalized spacial score (nSPS) is 9.89. The number of amides is 1. The molecule has 4 nitrogen and oxygen atoms in total. The highest BCUT2D eigenvalue weighted by atomic mass is 79.9. The zero-order valence-corrected chi connectivity index (χ0v) is 11.8. The van der Waals surface area contributed by atoms with Gasteiger partial charge in [-0.15, -0.1) is 0 Å². The van der Waals surface area contributed by atoms with Crippen LogP contribution in [0.1, 0.15) is 18.9 Å². The van der Waals surface area contributed by atoms with Gasteiger partial charge in [0, 0.05) is 11.0 Å². The van der Waals surface area contributed by atoms with Crippen molar-refractivity contribution in [2.45, 2.75) is 19.8 Å². The molecule has 0 aliphatic carbocycles. The van der Waals surface area contributed by atoms with Crippen molar-refractivity contribution in [3.63, 3.8) is 0 Å². The van der Waals surface area contributed by atoms with E-state index in [2.05, 4.69) is 26.0 Å². The molecule has 18 heavy (non-hydrogen) atoms. The first kappa shape index (κ1) is 14.7. The van der Waals surface area contributed by atoms with Gasteiger partial charge in [0.15, 0.2) is 0 Å². The molecule has 98 valence electrons. The lowest BCUT2D eigenvalue weighted by atomic mass is 10.1. The molecule has 0 unspecified atom stereocenters. The van der Waals surface area contributed by atoms with E-state index >= 15 is 0 Å². The van der Waals surface area contributed by atoms with E-state index in [0.717, 1.165) is 16.5 Å². The number of ether oxygens (including phenoxy) is 1. The SMILES string of the molecule is CCOC(=O)CC(=O)NCCc1ccc(Br)cc1. The Hall–Kier alpha value is -1.36. The van der Waals surface area contributed by atoms with Gasteiger partial charge in [0.2, 0.25) is 5.91 Å². The maximum atomic E-state index is 11.4. The van der Waals surface area contributed by atoms with Crippen LogP contribution in [0.3, 0.4) is 0 Å². The predicted molar refractivity (Wildman–Crippen MR) is 72.1 cm³/mol. The zero-order valence-electron chi connectivity index (χ0n) is 10.2. The van der Waals surface area contributed by atoms with Gasteiger partial charge in [0.05, 0.1) is 6.61 Å². The topological polar surface area (TPSA) is 55.4 Å². The summed E-state index contributed by atoms with van der Waals surface area (Å²) in [7, 11) is 0. The standard InChI is InChI=1S/C13H16BrNO3/c1-2-18-13(17)9-12(16)15-8-7-10-3-5-11(14)6-4-10/h3-6H,2,7-9H2,1H3,(H,15,16). The molecule has 0 saturated heterocycles. The van der Waals surface area contributed by atoms with E-state index in [0.29, 0.717) is 13.2 Å². The lowest BCUT2D eigenvalue weighted by Crippen LogP contribution is -2.28. The van der Waals surface area contributed by atoms with Gasteiger partial charge in [-0.25, -0.2) is 0 Å². The number of rotatable bonds is 6. The van der Waals surface area contributed by atoms with Crippen molar-refractivity contribution in [3.05, 3.63) is 34.3 Å². The van der Waals surface area contributed by atoms with Crippen LogP contribution in [-0.4, -0.2) is 25.0 Å². The van der Waals surface area contributed by atoms with Gasteiger partial charge in [-0.3, -0.25) is 9.59 Å². The van der Waals surface area contributed by atoms with Crippen molar-refractivity contribution in [3.8, 4) is 0 Å². The largest absolute Gasteiger partial charge is 0.466 e. The molecule has 1 aromatic rings. The van der Waals surface area contributed by atoms with Gasteiger partial charge in [0.25, 0.3) is 0 Å². The van der Waals surface area contributed by atoms with Gasteiger partial charge < -0.3 is 10.1 Å². The van der Waals surface area contributed by atoms with Crippen LogP contribution in [0, 0.1) is 0 Å². The minimum Gasteiger partial charge on any atom is -0.466 e. The highest BCUT2D eigenvalue weighted by Crippen LogP contribution is 2.10. The van der Waals surface area contributed by atoms with Gasteiger partial charge in [0.1, 0.15) is 6.42 Å². The monoisotopic (exact) mass is 313 g/mol. The fraction of sp³-hybridized carbons (Fsp3) is 0.385. The molecule has 0 saturated carbocycles. The molecule has 0 radical (unpaired) electrons. The van der Waals surface area contributed by atoms with E-state index in [4.69, 9.17) is 0 Å². The molecule has 0 heterocycles. The molecule has 5 heteroatoms. The van der Waals surface area contributed by atoms with Crippen LogP contribution in [0.4, 0.5) is 0 Å². The molecular weight excluding hydrogens is 298 g/mol. The van der Waals surface area contributed by atoms with Crippen LogP contribution in [0.25, 0.3) is 0 Å². The predicted octanol–water partition coefficient (Wildman–Crippen LogP) is 2.06. The number of hydrogen-bond donors (Lipinski definition) is 1. The number of esters is 1. The van der Waals surface area contributed by atoms with Crippen molar-refractivity contribution >= 4 is 27.8 Å². The van der Waals surface area contributed by atoms with E-state index in [1.54, 1.807) is 6.92 Å². The van der Waals surface area contributed by atoms with Crippen molar-refractivity contribution in [2.75, 3.05) is 13.2 Å². The summed E-state index contributed by atoms with van der Waals surface area (Å²) >= 11 is 3.36. The van der Waals surface area contributed by atoms with Crippen molar-refractivity contribution in [2.24, 2.45) is 0 Å². The third-order valence-corrected chi connectivity index (χ3v) is 2.79. The van der Waals surface area contributed by atoms with E-state index in [-0.39, 0.29) is 12.3 Å². The van der Waals surface area contributed by atoms with Gasteiger partial charge in [-0.1, -0.05) is 28.1 Å². The van der Waals surface area contributed by atoms with Crippen LogP contribution in [-0.2, 0) is 20.7 Å². The summed E-state index contributed by atoms with van der Waals surface area (Å²) < 4.78 is 5.71. The van der Waals surface area contributed by atoms with Crippen LogP contribution in [0.5, 0.6) is 0 Å². The van der Waals surface area contributed by atoms with Crippen molar-refractivity contribution in [1.82, 2.24) is 5.32 Å². The maximum absolute atomic E-state index is 11.4. The molecule has 0 spiro atoms. The molecule has 1 aromatic carbocycles. The number of halogens is 1. The first-order chi connectivity index (χ1) is 8.61. The first-order valence-corrected chi connectivity index (χ1v) is 6.58. The molecule has 0 aliphatic heterocycles. The second-order valence-corrected chi connectivity index (χ2v) is 4.62. The Kier molecular flexibility index (Phi) is 6.43. The molecule has 1 amide bonds. The van der Waals surface area contributed by atoms with E-state index in [9.17, 15) is 9.59 Å². The molecule has 0 aromatic heterocycles. The second-order valence-electron chi connectivity index (χ2n) is 3.71. The van der Waals surface area contributed by atoms with Crippen LogP contribution >= 0.6 is 15.9 Å². The minimum atomic E-state index is -0.487. The number of carbonyl (C=O) groups excluding carboxylic acids is 2. The summed E-state index contributed by atoms with van der Waals surface area (Å²) in [6, 6.07) is 7.88. The van der Waals surface area contributed by atoms with Gasteiger partial charge >= 0.3 is 5.97 Å². The Balaban J connectivity index is 2.23. The van der Waals surface area contributed by atoms with Gasteiger partial charge in [-0.05, 0) is 31.0 Å². The molecule has 1 N–H and O–H groups in total. The van der Waals surface area contributed by atoms with E-state index < -0.39 is 5.97 Å². The van der Waals surface area contributed by atoms with Crippen molar-refractivity contribution in [1.29, 1.82) is 0 Å². The summed E-state index contributed by atoms with van der Waals surface area (Å²) in [4.78, 5) is 22.4. The average molecular weight is 314 g/mol. The summed E-state index contributed by atoms with van der Waals surface area (Å²) in [5.74, 6) is -0.788. The number of carbonyl (C=O) groups is 2. The fourth-order valence-electron chi connectivity index (χ4n) is 1.40. The second kappa shape index (κ2) is 7.87. The Bertz CT molecular complexity index is 403. The smallest absolute Gasteiger partial charge is 0.315 e. The van der Waals surface area contributed by atoms with Gasteiger partial charge in [-0.2, -0.15) is 0 Å². The quantitative estimate of drug-likeness (QED) is 0.646. The Morgan fingerprint density at radius 2 is 1.94 bits per heavy atom. The maximum Gasteiger partial charge on any atom is 0.315 e. The highest BCUT2D eigenvalue weighted by molar-refractivity contribution is 9.10. The molecule has 0 fully saturated rings. The fourth-order valence-corrected chi connectivity index (χ4v) is 1.67. The van der Waals surface area contributed by atoms with E-state index in [1.807, 2.05) is 24.3 Å². The summed E-state index contributed by atoms with van der Waals surface area (Å²) in [5.41, 5.74) is 1.13. The number of hydrogen-bond acceptors (Lipinski definition) is 3. The van der Waals surface area contributed by atoms with Crippen LogP contribution in [0.15, 0.2) is 28.7 Å². The Morgan fingerprint density at radius 1 is 1.28 bits per heavy atom. The van der Waals surface area contributed by atoms with Crippen LogP contribution < -0.4 is 5.32 Å². The summed E-state index contributed by atoms with van der Waals surface area (Å²) in [6.45, 7) is 2.52. The molecule has 0 aliphatic rings. The summed E-state index contributed by atoms with van der Waals surface area (Å²) in [5, 5.41) is 2.68. The highest BCUT2D eigenvalue weighted by Gasteiger charge is 2.09. The summed E-state index contributed by atoms with van der Waals surface area (Å²) in [6.07, 6.45) is 0.524. The van der Waals surface area contributed by atoms with Crippen molar-refractivity contribution < 1.29 is 14.3 Å². The first-order valence-electron chi connectivity index (χ1n) is 5.78. The molecule has 0 atom stereocenters. The molecule has 1 rings (SSSR count). The Labute approximate surface area is 115 Å². The third kappa shape index (κ3) is 5.82. The Morgan fingerprint density at radius 3 is 2.56 bits per heavy atom. The molecular formula is C13H16BrNO3.